The highest BCUT2D eigenvalue weighted by Crippen LogP contribution is 2.33. The van der Waals surface area contributed by atoms with Crippen molar-refractivity contribution in [3.8, 4) is 0 Å². The van der Waals surface area contributed by atoms with Gasteiger partial charge in [-0.1, -0.05) is 72.0 Å². The molecule has 1 aromatic heterocycles. The molecule has 1 amide bonds. The summed E-state index contributed by atoms with van der Waals surface area (Å²) < 4.78 is 1.08. The SMILES string of the molecule is O=C(CCc1ccccc1)N(c1ccccc1)c1nc2ccccc2s1. The van der Waals surface area contributed by atoms with Crippen molar-refractivity contribution in [2.45, 2.75) is 12.8 Å². The molecule has 0 aliphatic carbocycles. The van der Waals surface area contributed by atoms with E-state index in [0.717, 1.165) is 26.6 Å². The summed E-state index contributed by atoms with van der Waals surface area (Å²) in [6, 6.07) is 27.8. The van der Waals surface area contributed by atoms with Crippen molar-refractivity contribution in [2.24, 2.45) is 0 Å². The van der Waals surface area contributed by atoms with E-state index < -0.39 is 0 Å². The third kappa shape index (κ3) is 3.51. The molecule has 0 unspecified atom stereocenters. The van der Waals surface area contributed by atoms with Gasteiger partial charge in [-0.2, -0.15) is 0 Å². The minimum absolute atomic E-state index is 0.0547. The molecule has 4 aromatic rings. The van der Waals surface area contributed by atoms with E-state index in [1.807, 2.05) is 72.8 Å². The van der Waals surface area contributed by atoms with Gasteiger partial charge in [0.2, 0.25) is 5.91 Å². The summed E-state index contributed by atoms with van der Waals surface area (Å²) >= 11 is 1.54. The predicted molar refractivity (Wildman–Crippen MR) is 108 cm³/mol. The summed E-state index contributed by atoms with van der Waals surface area (Å²) in [4.78, 5) is 19.5. The van der Waals surface area contributed by atoms with Crippen LogP contribution in [0.15, 0.2) is 84.9 Å². The van der Waals surface area contributed by atoms with Gasteiger partial charge in [0.25, 0.3) is 0 Å². The van der Waals surface area contributed by atoms with E-state index in [1.54, 1.807) is 16.2 Å². The Bertz CT molecular complexity index is 979. The zero-order valence-electron chi connectivity index (χ0n) is 14.2. The molecule has 0 saturated heterocycles. The van der Waals surface area contributed by atoms with Gasteiger partial charge in [0.05, 0.1) is 15.9 Å². The average molecular weight is 358 g/mol. The van der Waals surface area contributed by atoms with E-state index in [-0.39, 0.29) is 5.91 Å². The van der Waals surface area contributed by atoms with E-state index in [1.165, 1.54) is 0 Å². The smallest absolute Gasteiger partial charge is 0.233 e. The molecule has 0 spiro atoms. The third-order valence-electron chi connectivity index (χ3n) is 4.21. The summed E-state index contributed by atoms with van der Waals surface area (Å²) in [5.74, 6) is 0.0547. The number of hydrogen-bond donors (Lipinski definition) is 0. The quantitative estimate of drug-likeness (QED) is 0.466. The number of para-hydroxylation sites is 2. The van der Waals surface area contributed by atoms with Gasteiger partial charge in [-0.05, 0) is 36.2 Å². The lowest BCUT2D eigenvalue weighted by molar-refractivity contribution is -0.117. The molecule has 4 rings (SSSR count). The molecule has 0 bridgehead atoms. The molecular formula is C22H18N2OS. The number of anilines is 2. The summed E-state index contributed by atoms with van der Waals surface area (Å²) in [5, 5.41) is 0.718. The Labute approximate surface area is 156 Å². The zero-order valence-corrected chi connectivity index (χ0v) is 15.0. The van der Waals surface area contributed by atoms with Crippen LogP contribution in [0.4, 0.5) is 10.8 Å². The highest BCUT2D eigenvalue weighted by atomic mass is 32.1. The number of benzene rings is 3. The number of aromatic nitrogens is 1. The maximum atomic E-state index is 13.1. The zero-order chi connectivity index (χ0) is 17.8. The Kier molecular flexibility index (Phi) is 4.75. The highest BCUT2D eigenvalue weighted by Gasteiger charge is 2.21. The molecule has 4 heteroatoms. The average Bonchev–Trinajstić information content (AvgIpc) is 3.12. The number of carbonyl (C=O) groups is 1. The molecule has 128 valence electrons. The Balaban J connectivity index is 1.65. The first-order valence-electron chi connectivity index (χ1n) is 8.59. The molecule has 0 saturated carbocycles. The molecule has 0 N–H and O–H groups in total. The van der Waals surface area contributed by atoms with Gasteiger partial charge in [0.1, 0.15) is 0 Å². The molecule has 1 heterocycles. The molecule has 0 radical (unpaired) electrons. The lowest BCUT2D eigenvalue weighted by atomic mass is 10.1. The molecule has 3 aromatic carbocycles. The van der Waals surface area contributed by atoms with Gasteiger partial charge >= 0.3 is 0 Å². The minimum Gasteiger partial charge on any atom is -0.274 e. The lowest BCUT2D eigenvalue weighted by Gasteiger charge is -2.20. The molecule has 3 nitrogen and oxygen atoms in total. The van der Waals surface area contributed by atoms with Gasteiger partial charge in [-0.3, -0.25) is 9.69 Å². The largest absolute Gasteiger partial charge is 0.274 e. The molecule has 0 fully saturated rings. The van der Waals surface area contributed by atoms with E-state index in [9.17, 15) is 4.79 Å². The monoisotopic (exact) mass is 358 g/mol. The summed E-state index contributed by atoms with van der Waals surface area (Å²) in [5.41, 5.74) is 2.94. The summed E-state index contributed by atoms with van der Waals surface area (Å²) in [6.07, 6.45) is 1.16. The fourth-order valence-corrected chi connectivity index (χ4v) is 3.91. The molecule has 0 aliphatic rings. The maximum absolute atomic E-state index is 13.1. The van der Waals surface area contributed by atoms with Crippen molar-refractivity contribution in [1.82, 2.24) is 4.98 Å². The van der Waals surface area contributed by atoms with Crippen molar-refractivity contribution in [2.75, 3.05) is 4.90 Å². The van der Waals surface area contributed by atoms with Gasteiger partial charge < -0.3 is 0 Å². The number of aryl methyl sites for hydroxylation is 1. The standard InChI is InChI=1S/C22H18N2OS/c25-21(16-15-17-9-3-1-4-10-17)24(18-11-5-2-6-12-18)22-23-19-13-7-8-14-20(19)26-22/h1-14H,15-16H2. The number of fused-ring (bicyclic) bond motifs is 1. The number of rotatable bonds is 5. The van der Waals surface area contributed by atoms with Crippen LogP contribution in [0.2, 0.25) is 0 Å². The number of hydrogen-bond acceptors (Lipinski definition) is 3. The van der Waals surface area contributed by atoms with Crippen molar-refractivity contribution in [1.29, 1.82) is 0 Å². The normalized spacial score (nSPS) is 10.8. The van der Waals surface area contributed by atoms with Gasteiger partial charge in [-0.25, -0.2) is 4.98 Å². The van der Waals surface area contributed by atoms with Crippen LogP contribution >= 0.6 is 11.3 Å². The topological polar surface area (TPSA) is 33.2 Å². The number of carbonyl (C=O) groups excluding carboxylic acids is 1. The van der Waals surface area contributed by atoms with Crippen LogP contribution in [0.3, 0.4) is 0 Å². The Morgan fingerprint density at radius 3 is 2.23 bits per heavy atom. The fourth-order valence-electron chi connectivity index (χ4n) is 2.90. The van der Waals surface area contributed by atoms with E-state index in [0.29, 0.717) is 12.8 Å². The number of nitrogens with zero attached hydrogens (tertiary/aromatic N) is 2. The van der Waals surface area contributed by atoms with Crippen LogP contribution in [-0.4, -0.2) is 10.9 Å². The van der Waals surface area contributed by atoms with Gasteiger partial charge in [0.15, 0.2) is 5.13 Å². The first kappa shape index (κ1) is 16.5. The fraction of sp³-hybridized carbons (Fsp3) is 0.0909. The van der Waals surface area contributed by atoms with Crippen LogP contribution in [0.5, 0.6) is 0 Å². The van der Waals surface area contributed by atoms with Gasteiger partial charge in [-0.15, -0.1) is 0 Å². The molecule has 26 heavy (non-hydrogen) atoms. The third-order valence-corrected chi connectivity index (χ3v) is 5.23. The second-order valence-corrected chi connectivity index (χ2v) is 7.02. The second-order valence-electron chi connectivity index (χ2n) is 6.01. The van der Waals surface area contributed by atoms with Crippen LogP contribution in [0.1, 0.15) is 12.0 Å². The molecule has 0 aliphatic heterocycles. The van der Waals surface area contributed by atoms with E-state index in [4.69, 9.17) is 0 Å². The Morgan fingerprint density at radius 2 is 1.50 bits per heavy atom. The van der Waals surface area contributed by atoms with Crippen molar-refractivity contribution >= 4 is 38.3 Å². The maximum Gasteiger partial charge on any atom is 0.233 e. The van der Waals surface area contributed by atoms with E-state index >= 15 is 0 Å². The van der Waals surface area contributed by atoms with Crippen LogP contribution in [0.25, 0.3) is 10.2 Å². The van der Waals surface area contributed by atoms with Crippen LogP contribution in [-0.2, 0) is 11.2 Å². The molecule has 0 atom stereocenters. The van der Waals surface area contributed by atoms with Gasteiger partial charge in [0, 0.05) is 6.42 Å². The first-order chi connectivity index (χ1) is 12.8. The number of amides is 1. The molecular weight excluding hydrogens is 340 g/mol. The number of thiazole rings is 1. The second kappa shape index (κ2) is 7.50. The van der Waals surface area contributed by atoms with Crippen molar-refractivity contribution in [3.63, 3.8) is 0 Å². The Hall–Kier alpha value is -2.98. The van der Waals surface area contributed by atoms with Crippen molar-refractivity contribution in [3.05, 3.63) is 90.5 Å². The Morgan fingerprint density at radius 1 is 0.846 bits per heavy atom. The van der Waals surface area contributed by atoms with Crippen LogP contribution < -0.4 is 4.90 Å². The summed E-state index contributed by atoms with van der Waals surface area (Å²) in [7, 11) is 0. The van der Waals surface area contributed by atoms with E-state index in [2.05, 4.69) is 17.1 Å². The predicted octanol–water partition coefficient (Wildman–Crippen LogP) is 5.59. The van der Waals surface area contributed by atoms with Crippen molar-refractivity contribution < 1.29 is 4.79 Å². The minimum atomic E-state index is 0.0547. The summed E-state index contributed by atoms with van der Waals surface area (Å²) in [6.45, 7) is 0. The first-order valence-corrected chi connectivity index (χ1v) is 9.40. The lowest BCUT2D eigenvalue weighted by Crippen LogP contribution is -2.26. The highest BCUT2D eigenvalue weighted by molar-refractivity contribution is 7.22. The van der Waals surface area contributed by atoms with Crippen LogP contribution in [0, 0.1) is 0 Å².